The van der Waals surface area contributed by atoms with Gasteiger partial charge in [0.25, 0.3) is 0 Å². The summed E-state index contributed by atoms with van der Waals surface area (Å²) in [6, 6.07) is 0.396. The summed E-state index contributed by atoms with van der Waals surface area (Å²) in [6.45, 7) is 4.48. The van der Waals surface area contributed by atoms with Crippen molar-refractivity contribution in [2.75, 3.05) is 43.9 Å². The highest BCUT2D eigenvalue weighted by Crippen LogP contribution is 2.23. The second kappa shape index (κ2) is 7.29. The van der Waals surface area contributed by atoms with Crippen LogP contribution in [-0.4, -0.2) is 68.5 Å². The first-order valence-electron chi connectivity index (χ1n) is 7.28. The zero-order valence-electron chi connectivity index (χ0n) is 11.8. The minimum atomic E-state index is -2.86. The summed E-state index contributed by atoms with van der Waals surface area (Å²) in [5.41, 5.74) is 0. The summed E-state index contributed by atoms with van der Waals surface area (Å²) < 4.78 is 23.2. The summed E-state index contributed by atoms with van der Waals surface area (Å²) in [7, 11) is -2.86. The molecule has 0 radical (unpaired) electrons. The molecule has 0 aromatic heterocycles. The van der Waals surface area contributed by atoms with E-state index in [9.17, 15) is 8.42 Å². The Morgan fingerprint density at radius 1 is 1.26 bits per heavy atom. The van der Waals surface area contributed by atoms with E-state index in [4.69, 9.17) is 0 Å². The average molecular weight is 306 g/mol. The van der Waals surface area contributed by atoms with Crippen molar-refractivity contribution >= 4 is 21.6 Å². The lowest BCUT2D eigenvalue weighted by molar-refractivity contribution is 0.284. The summed E-state index contributed by atoms with van der Waals surface area (Å²) in [5.74, 6) is 2.50. The van der Waals surface area contributed by atoms with E-state index in [0.29, 0.717) is 6.04 Å². The third kappa shape index (κ3) is 5.25. The molecule has 1 aliphatic carbocycles. The van der Waals surface area contributed by atoms with Crippen molar-refractivity contribution in [2.45, 2.75) is 37.0 Å². The van der Waals surface area contributed by atoms with Crippen LogP contribution in [-0.2, 0) is 9.84 Å². The number of hydrogen-bond donors (Lipinski definition) is 1. The van der Waals surface area contributed by atoms with Gasteiger partial charge in [0.2, 0.25) is 0 Å². The summed E-state index contributed by atoms with van der Waals surface area (Å²) >= 11 is 2.03. The lowest BCUT2D eigenvalue weighted by atomic mass is 9.95. The number of thioether (sulfide) groups is 1. The average Bonchev–Trinajstić information content (AvgIpc) is 2.39. The van der Waals surface area contributed by atoms with Gasteiger partial charge in [0.15, 0.2) is 0 Å². The van der Waals surface area contributed by atoms with Gasteiger partial charge in [-0.25, -0.2) is 8.42 Å². The number of nitrogens with one attached hydrogen (secondary N) is 1. The third-order valence-electron chi connectivity index (χ3n) is 4.20. The van der Waals surface area contributed by atoms with E-state index in [0.717, 1.165) is 38.8 Å². The molecule has 19 heavy (non-hydrogen) atoms. The Labute approximate surface area is 121 Å². The van der Waals surface area contributed by atoms with Crippen LogP contribution in [0.25, 0.3) is 0 Å². The van der Waals surface area contributed by atoms with E-state index in [1.54, 1.807) is 0 Å². The standard InChI is InChI=1S/C13H26N2O2S2/c1-19(16,17)13-4-2-3-12(11-13)14-5-6-15-7-9-18-10-8-15/h12-14H,2-11H2,1H3. The first-order chi connectivity index (χ1) is 9.05. The van der Waals surface area contributed by atoms with Crippen molar-refractivity contribution < 1.29 is 8.42 Å². The van der Waals surface area contributed by atoms with Crippen LogP contribution in [0.3, 0.4) is 0 Å². The molecule has 0 amide bonds. The van der Waals surface area contributed by atoms with Gasteiger partial charge in [0.1, 0.15) is 9.84 Å². The summed E-state index contributed by atoms with van der Waals surface area (Å²) in [6.07, 6.45) is 5.19. The van der Waals surface area contributed by atoms with Crippen molar-refractivity contribution in [1.29, 1.82) is 0 Å². The molecule has 1 aliphatic heterocycles. The topological polar surface area (TPSA) is 49.4 Å². The molecule has 6 heteroatoms. The highest BCUT2D eigenvalue weighted by Gasteiger charge is 2.28. The van der Waals surface area contributed by atoms with Crippen molar-refractivity contribution in [3.63, 3.8) is 0 Å². The van der Waals surface area contributed by atoms with Crippen molar-refractivity contribution in [2.24, 2.45) is 0 Å². The van der Waals surface area contributed by atoms with Gasteiger partial charge in [-0.2, -0.15) is 11.8 Å². The van der Waals surface area contributed by atoms with Crippen LogP contribution >= 0.6 is 11.8 Å². The highest BCUT2D eigenvalue weighted by molar-refractivity contribution is 7.99. The molecule has 1 N–H and O–H groups in total. The van der Waals surface area contributed by atoms with Gasteiger partial charge in [0.05, 0.1) is 5.25 Å². The van der Waals surface area contributed by atoms with Gasteiger partial charge in [-0.3, -0.25) is 0 Å². The van der Waals surface area contributed by atoms with Crippen molar-refractivity contribution in [1.82, 2.24) is 10.2 Å². The van der Waals surface area contributed by atoms with Crippen molar-refractivity contribution in [3.05, 3.63) is 0 Å². The Balaban J connectivity index is 1.67. The number of nitrogens with zero attached hydrogens (tertiary/aromatic N) is 1. The first-order valence-corrected chi connectivity index (χ1v) is 10.4. The molecule has 1 heterocycles. The maximum atomic E-state index is 11.6. The number of rotatable bonds is 5. The predicted molar refractivity (Wildman–Crippen MR) is 82.7 cm³/mol. The van der Waals surface area contributed by atoms with E-state index in [1.165, 1.54) is 30.9 Å². The molecule has 2 aliphatic rings. The van der Waals surface area contributed by atoms with Gasteiger partial charge in [-0.1, -0.05) is 6.42 Å². The van der Waals surface area contributed by atoms with Crippen molar-refractivity contribution in [3.8, 4) is 0 Å². The summed E-state index contributed by atoms with van der Waals surface area (Å²) in [4.78, 5) is 2.50. The van der Waals surface area contributed by atoms with Gasteiger partial charge in [0, 0.05) is 50.0 Å². The van der Waals surface area contributed by atoms with Gasteiger partial charge in [-0.15, -0.1) is 0 Å². The minimum absolute atomic E-state index is 0.120. The molecule has 0 bridgehead atoms. The van der Waals surface area contributed by atoms with Crippen LogP contribution in [0.1, 0.15) is 25.7 Å². The van der Waals surface area contributed by atoms with E-state index < -0.39 is 9.84 Å². The van der Waals surface area contributed by atoms with Crippen LogP contribution < -0.4 is 5.32 Å². The smallest absolute Gasteiger partial charge is 0.150 e. The van der Waals surface area contributed by atoms with Crippen LogP contribution in [0, 0.1) is 0 Å². The minimum Gasteiger partial charge on any atom is -0.313 e. The second-order valence-electron chi connectivity index (χ2n) is 5.72. The highest BCUT2D eigenvalue weighted by atomic mass is 32.2. The van der Waals surface area contributed by atoms with Crippen LogP contribution in [0.5, 0.6) is 0 Å². The molecule has 2 rings (SSSR count). The Morgan fingerprint density at radius 3 is 2.68 bits per heavy atom. The predicted octanol–water partition coefficient (Wildman–Crippen LogP) is 0.981. The fraction of sp³-hybridized carbons (Fsp3) is 1.00. The van der Waals surface area contributed by atoms with E-state index in [1.807, 2.05) is 11.8 Å². The molecule has 0 aromatic carbocycles. The van der Waals surface area contributed by atoms with Gasteiger partial charge < -0.3 is 10.2 Å². The molecular weight excluding hydrogens is 280 g/mol. The number of hydrogen-bond acceptors (Lipinski definition) is 5. The molecule has 0 spiro atoms. The molecule has 0 aromatic rings. The van der Waals surface area contributed by atoms with E-state index >= 15 is 0 Å². The maximum absolute atomic E-state index is 11.6. The number of sulfone groups is 1. The monoisotopic (exact) mass is 306 g/mol. The van der Waals surface area contributed by atoms with Gasteiger partial charge >= 0.3 is 0 Å². The normalized spacial score (nSPS) is 30.4. The Bertz CT molecular complexity index is 367. The zero-order valence-corrected chi connectivity index (χ0v) is 13.4. The molecule has 1 saturated heterocycles. The largest absolute Gasteiger partial charge is 0.313 e. The van der Waals surface area contributed by atoms with E-state index in [-0.39, 0.29) is 5.25 Å². The van der Waals surface area contributed by atoms with Crippen LogP contribution in [0.4, 0.5) is 0 Å². The molecule has 2 fully saturated rings. The Kier molecular flexibility index (Phi) is 5.99. The maximum Gasteiger partial charge on any atom is 0.150 e. The summed E-state index contributed by atoms with van der Waals surface area (Å²) in [5, 5.41) is 3.44. The SMILES string of the molecule is CS(=O)(=O)C1CCCC(NCCN2CCSCC2)C1. The molecule has 1 saturated carbocycles. The zero-order chi connectivity index (χ0) is 13.7. The third-order valence-corrected chi connectivity index (χ3v) is 6.78. The molecule has 112 valence electrons. The molecular formula is C13H26N2O2S2. The fourth-order valence-corrected chi connectivity index (χ4v) is 5.13. The Hall–Kier alpha value is 0.220. The Morgan fingerprint density at radius 2 is 2.00 bits per heavy atom. The fourth-order valence-electron chi connectivity index (χ4n) is 2.97. The lowest BCUT2D eigenvalue weighted by Crippen LogP contribution is -2.43. The van der Waals surface area contributed by atoms with Gasteiger partial charge in [-0.05, 0) is 19.3 Å². The van der Waals surface area contributed by atoms with E-state index in [2.05, 4.69) is 10.2 Å². The first kappa shape index (κ1) is 15.6. The van der Waals surface area contributed by atoms with Crippen LogP contribution in [0.15, 0.2) is 0 Å². The second-order valence-corrected chi connectivity index (χ2v) is 9.27. The molecule has 2 unspecified atom stereocenters. The lowest BCUT2D eigenvalue weighted by Gasteiger charge is -2.31. The quantitative estimate of drug-likeness (QED) is 0.820. The van der Waals surface area contributed by atoms with Crippen LogP contribution in [0.2, 0.25) is 0 Å². The molecule has 2 atom stereocenters. The molecule has 4 nitrogen and oxygen atoms in total.